The molecule has 0 aliphatic carbocycles. The summed E-state index contributed by atoms with van der Waals surface area (Å²) in [6.45, 7) is 3.80. The van der Waals surface area contributed by atoms with Gasteiger partial charge in [0.15, 0.2) is 0 Å². The van der Waals surface area contributed by atoms with Crippen LogP contribution in [0.1, 0.15) is 30.1 Å². The third-order valence-electron chi connectivity index (χ3n) is 4.01. The first-order valence-corrected chi connectivity index (χ1v) is 6.74. The van der Waals surface area contributed by atoms with Crippen molar-refractivity contribution in [3.8, 4) is 0 Å². The quantitative estimate of drug-likeness (QED) is 0.760. The molecule has 3 heteroatoms. The van der Waals surface area contributed by atoms with E-state index in [-0.39, 0.29) is 5.91 Å². The Bertz CT molecular complexity index is 431. The topological polar surface area (TPSA) is 29.5 Å². The highest BCUT2D eigenvalue weighted by Crippen LogP contribution is 2.32. The van der Waals surface area contributed by atoms with E-state index in [1.54, 1.807) is 0 Å². The molecule has 0 N–H and O–H groups in total. The molecule has 2 saturated heterocycles. The summed E-state index contributed by atoms with van der Waals surface area (Å²) in [4.78, 5) is 14.3. The van der Waals surface area contributed by atoms with Crippen LogP contribution in [-0.2, 0) is 4.74 Å². The molecule has 1 aromatic rings. The first kappa shape index (κ1) is 11.7. The second-order valence-electron chi connectivity index (χ2n) is 5.39. The molecule has 1 aromatic carbocycles. The van der Waals surface area contributed by atoms with Gasteiger partial charge < -0.3 is 9.64 Å². The van der Waals surface area contributed by atoms with Crippen LogP contribution in [0.2, 0.25) is 0 Å². The highest BCUT2D eigenvalue weighted by Gasteiger charge is 2.38. The summed E-state index contributed by atoms with van der Waals surface area (Å²) < 4.78 is 5.86. The Balaban J connectivity index is 1.70. The van der Waals surface area contributed by atoms with E-state index in [4.69, 9.17) is 4.74 Å². The van der Waals surface area contributed by atoms with Gasteiger partial charge in [-0.1, -0.05) is 18.2 Å². The largest absolute Gasteiger partial charge is 0.375 e. The Morgan fingerprint density at radius 1 is 1.33 bits per heavy atom. The van der Waals surface area contributed by atoms with Crippen molar-refractivity contribution in [2.75, 3.05) is 13.1 Å². The summed E-state index contributed by atoms with van der Waals surface area (Å²) >= 11 is 0. The van der Waals surface area contributed by atoms with Crippen molar-refractivity contribution >= 4 is 5.91 Å². The molecule has 18 heavy (non-hydrogen) atoms. The summed E-state index contributed by atoms with van der Waals surface area (Å²) in [5.41, 5.74) is 0.794. The van der Waals surface area contributed by atoms with E-state index >= 15 is 0 Å². The number of amides is 1. The van der Waals surface area contributed by atoms with Gasteiger partial charge >= 0.3 is 0 Å². The number of carbonyl (C=O) groups excluding carboxylic acids is 1. The number of carbonyl (C=O) groups is 1. The van der Waals surface area contributed by atoms with Crippen molar-refractivity contribution in [2.45, 2.75) is 32.0 Å². The van der Waals surface area contributed by atoms with Gasteiger partial charge in [-0.25, -0.2) is 0 Å². The zero-order chi connectivity index (χ0) is 12.5. The molecule has 3 atom stereocenters. The molecule has 2 heterocycles. The molecule has 2 aliphatic heterocycles. The molecule has 96 valence electrons. The Morgan fingerprint density at radius 3 is 2.89 bits per heavy atom. The number of ether oxygens (including phenoxy) is 1. The lowest BCUT2D eigenvalue weighted by Crippen LogP contribution is -2.44. The molecular formula is C15H19NO2. The predicted octanol–water partition coefficient (Wildman–Crippen LogP) is 2.33. The van der Waals surface area contributed by atoms with Gasteiger partial charge in [0, 0.05) is 24.6 Å². The van der Waals surface area contributed by atoms with Crippen molar-refractivity contribution in [2.24, 2.45) is 5.92 Å². The molecule has 0 radical (unpaired) electrons. The fourth-order valence-electron chi connectivity index (χ4n) is 3.14. The zero-order valence-electron chi connectivity index (χ0n) is 10.7. The molecule has 2 fully saturated rings. The minimum atomic E-state index is 0.161. The molecule has 2 aliphatic rings. The molecule has 0 saturated carbocycles. The van der Waals surface area contributed by atoms with Crippen LogP contribution in [0.15, 0.2) is 30.3 Å². The van der Waals surface area contributed by atoms with E-state index in [1.165, 1.54) is 0 Å². The van der Waals surface area contributed by atoms with Gasteiger partial charge in [-0.3, -0.25) is 4.79 Å². The maximum absolute atomic E-state index is 12.4. The number of hydrogen-bond acceptors (Lipinski definition) is 2. The summed E-state index contributed by atoms with van der Waals surface area (Å²) in [7, 11) is 0. The van der Waals surface area contributed by atoms with E-state index in [1.807, 2.05) is 35.2 Å². The monoisotopic (exact) mass is 245 g/mol. The number of likely N-dealkylation sites (tertiary alicyclic amines) is 1. The average molecular weight is 245 g/mol. The van der Waals surface area contributed by atoms with Gasteiger partial charge in [0.05, 0.1) is 12.2 Å². The van der Waals surface area contributed by atoms with E-state index < -0.39 is 0 Å². The SMILES string of the molecule is C[C@@H]1C[C@@H]2CN(C(=O)c3ccccc3)CC[C@H]2O1. The molecule has 3 rings (SSSR count). The Labute approximate surface area is 108 Å². The smallest absolute Gasteiger partial charge is 0.253 e. The lowest BCUT2D eigenvalue weighted by atomic mass is 9.92. The van der Waals surface area contributed by atoms with Crippen molar-refractivity contribution in [1.82, 2.24) is 4.90 Å². The van der Waals surface area contributed by atoms with E-state index in [0.29, 0.717) is 18.1 Å². The van der Waals surface area contributed by atoms with Crippen LogP contribution in [0, 0.1) is 5.92 Å². The number of piperidine rings is 1. The summed E-state index contributed by atoms with van der Waals surface area (Å²) in [5.74, 6) is 0.690. The van der Waals surface area contributed by atoms with Crippen molar-refractivity contribution < 1.29 is 9.53 Å². The van der Waals surface area contributed by atoms with E-state index in [9.17, 15) is 4.79 Å². The van der Waals surface area contributed by atoms with E-state index in [2.05, 4.69) is 6.92 Å². The lowest BCUT2D eigenvalue weighted by Gasteiger charge is -2.34. The fraction of sp³-hybridized carbons (Fsp3) is 0.533. The van der Waals surface area contributed by atoms with Gasteiger partial charge in [-0.15, -0.1) is 0 Å². The summed E-state index contributed by atoms with van der Waals surface area (Å²) in [6, 6.07) is 9.56. The van der Waals surface area contributed by atoms with Crippen LogP contribution in [0.25, 0.3) is 0 Å². The zero-order valence-corrected chi connectivity index (χ0v) is 10.7. The minimum absolute atomic E-state index is 0.161. The maximum atomic E-state index is 12.4. The molecule has 3 nitrogen and oxygen atoms in total. The highest BCUT2D eigenvalue weighted by atomic mass is 16.5. The second kappa shape index (κ2) is 4.73. The number of rotatable bonds is 1. The second-order valence-corrected chi connectivity index (χ2v) is 5.39. The number of fused-ring (bicyclic) bond motifs is 1. The summed E-state index contributed by atoms with van der Waals surface area (Å²) in [6.07, 6.45) is 2.79. The van der Waals surface area contributed by atoms with Gasteiger partial charge in [0.1, 0.15) is 0 Å². The average Bonchev–Trinajstić information content (AvgIpc) is 2.78. The van der Waals surface area contributed by atoms with Crippen LogP contribution in [0.4, 0.5) is 0 Å². The molecular weight excluding hydrogens is 226 g/mol. The van der Waals surface area contributed by atoms with Gasteiger partial charge in [-0.2, -0.15) is 0 Å². The van der Waals surface area contributed by atoms with Crippen molar-refractivity contribution in [1.29, 1.82) is 0 Å². The predicted molar refractivity (Wildman–Crippen MR) is 69.4 cm³/mol. The Hall–Kier alpha value is -1.35. The van der Waals surface area contributed by atoms with Gasteiger partial charge in [-0.05, 0) is 31.9 Å². The maximum Gasteiger partial charge on any atom is 0.253 e. The number of hydrogen-bond donors (Lipinski definition) is 0. The Kier molecular flexibility index (Phi) is 3.08. The molecule has 0 bridgehead atoms. The van der Waals surface area contributed by atoms with Crippen LogP contribution in [0.5, 0.6) is 0 Å². The number of benzene rings is 1. The highest BCUT2D eigenvalue weighted by molar-refractivity contribution is 5.94. The normalized spacial score (nSPS) is 31.2. The summed E-state index contributed by atoms with van der Waals surface area (Å²) in [5, 5.41) is 0. The molecule has 1 amide bonds. The van der Waals surface area contributed by atoms with E-state index in [0.717, 1.165) is 31.5 Å². The molecule has 0 aromatic heterocycles. The first-order valence-electron chi connectivity index (χ1n) is 6.74. The van der Waals surface area contributed by atoms with Gasteiger partial charge in [0.25, 0.3) is 5.91 Å². The molecule has 0 spiro atoms. The fourth-order valence-corrected chi connectivity index (χ4v) is 3.14. The Morgan fingerprint density at radius 2 is 2.11 bits per heavy atom. The standard InChI is InChI=1S/C15H19NO2/c1-11-9-13-10-16(8-7-14(13)18-11)15(17)12-5-3-2-4-6-12/h2-6,11,13-14H,7-10H2,1H3/t11-,13-,14-/m1/s1. The van der Waals surface area contributed by atoms with Crippen molar-refractivity contribution in [3.63, 3.8) is 0 Å². The minimum Gasteiger partial charge on any atom is -0.375 e. The third kappa shape index (κ3) is 2.15. The van der Waals surface area contributed by atoms with Crippen LogP contribution < -0.4 is 0 Å². The lowest BCUT2D eigenvalue weighted by molar-refractivity contribution is 0.00865. The van der Waals surface area contributed by atoms with Gasteiger partial charge in [0.2, 0.25) is 0 Å². The number of nitrogens with zero attached hydrogens (tertiary/aromatic N) is 1. The first-order chi connectivity index (χ1) is 8.74. The van der Waals surface area contributed by atoms with Crippen LogP contribution in [-0.4, -0.2) is 36.1 Å². The third-order valence-corrected chi connectivity index (χ3v) is 4.01. The molecule has 0 unspecified atom stereocenters. The van der Waals surface area contributed by atoms with Crippen molar-refractivity contribution in [3.05, 3.63) is 35.9 Å². The van der Waals surface area contributed by atoms with Crippen LogP contribution in [0.3, 0.4) is 0 Å². The van der Waals surface area contributed by atoms with Crippen LogP contribution >= 0.6 is 0 Å².